The van der Waals surface area contributed by atoms with E-state index in [9.17, 15) is 14.4 Å². The summed E-state index contributed by atoms with van der Waals surface area (Å²) in [5.74, 6) is -1.02. The van der Waals surface area contributed by atoms with Crippen molar-refractivity contribution in [1.29, 1.82) is 0 Å². The normalized spacial score (nSPS) is 10.5. The number of rotatable bonds is 7. The molecule has 0 saturated heterocycles. The molecule has 3 amide bonds. The molecular formula is C21H22ClN3O3. The van der Waals surface area contributed by atoms with Crippen LogP contribution in [0.3, 0.4) is 0 Å². The molecule has 0 aliphatic rings. The van der Waals surface area contributed by atoms with E-state index in [1.54, 1.807) is 54.6 Å². The number of hydrogen-bond donors (Lipinski definition) is 3. The summed E-state index contributed by atoms with van der Waals surface area (Å²) in [5.41, 5.74) is 6.29. The monoisotopic (exact) mass is 399 g/mol. The van der Waals surface area contributed by atoms with Gasteiger partial charge in [-0.05, 0) is 48.4 Å². The average molecular weight is 400 g/mol. The third-order valence-electron chi connectivity index (χ3n) is 3.81. The fourth-order valence-electron chi connectivity index (χ4n) is 2.27. The molecule has 6 nitrogen and oxygen atoms in total. The van der Waals surface area contributed by atoms with E-state index < -0.39 is 11.8 Å². The SMILES string of the molecule is CCCCC(=O)Nc1ccc(C(=O)NNC(=O)/C=C/c2ccccc2Cl)cc1. The number of amides is 3. The second-order valence-corrected chi connectivity index (χ2v) is 6.43. The summed E-state index contributed by atoms with van der Waals surface area (Å²) in [5, 5.41) is 3.30. The van der Waals surface area contributed by atoms with Crippen LogP contribution in [-0.2, 0) is 9.59 Å². The third-order valence-corrected chi connectivity index (χ3v) is 4.15. The first-order chi connectivity index (χ1) is 13.5. The summed E-state index contributed by atoms with van der Waals surface area (Å²) in [6.45, 7) is 2.02. The lowest BCUT2D eigenvalue weighted by atomic mass is 10.2. The number of hydrogen-bond acceptors (Lipinski definition) is 3. The number of carbonyl (C=O) groups is 3. The molecule has 28 heavy (non-hydrogen) atoms. The van der Waals surface area contributed by atoms with Gasteiger partial charge in [-0.3, -0.25) is 25.2 Å². The molecule has 0 fully saturated rings. The highest BCUT2D eigenvalue weighted by atomic mass is 35.5. The van der Waals surface area contributed by atoms with E-state index in [4.69, 9.17) is 11.6 Å². The molecule has 0 spiro atoms. The van der Waals surface area contributed by atoms with Crippen LogP contribution in [0.4, 0.5) is 5.69 Å². The molecule has 2 aromatic carbocycles. The summed E-state index contributed by atoms with van der Waals surface area (Å²) in [6.07, 6.45) is 5.07. The van der Waals surface area contributed by atoms with Gasteiger partial charge >= 0.3 is 0 Å². The van der Waals surface area contributed by atoms with Gasteiger partial charge in [0.25, 0.3) is 11.8 Å². The lowest BCUT2D eigenvalue weighted by molar-refractivity contribution is -0.117. The van der Waals surface area contributed by atoms with Crippen LogP contribution in [0.1, 0.15) is 42.1 Å². The van der Waals surface area contributed by atoms with E-state index in [1.807, 2.05) is 6.92 Å². The largest absolute Gasteiger partial charge is 0.326 e. The zero-order chi connectivity index (χ0) is 20.4. The zero-order valence-corrected chi connectivity index (χ0v) is 16.3. The molecule has 0 bridgehead atoms. The molecule has 0 aliphatic heterocycles. The Hall–Kier alpha value is -3.12. The number of anilines is 1. The summed E-state index contributed by atoms with van der Waals surface area (Å²) < 4.78 is 0. The van der Waals surface area contributed by atoms with Crippen molar-refractivity contribution in [2.75, 3.05) is 5.32 Å². The van der Waals surface area contributed by atoms with Gasteiger partial charge in [0.1, 0.15) is 0 Å². The van der Waals surface area contributed by atoms with E-state index in [0.717, 1.165) is 12.8 Å². The number of unbranched alkanes of at least 4 members (excludes halogenated alkanes) is 1. The van der Waals surface area contributed by atoms with E-state index in [1.165, 1.54) is 6.08 Å². The summed E-state index contributed by atoms with van der Waals surface area (Å²) >= 11 is 6.01. The Morgan fingerprint density at radius 3 is 2.39 bits per heavy atom. The Labute approximate surface area is 168 Å². The molecule has 2 rings (SSSR count). The fourth-order valence-corrected chi connectivity index (χ4v) is 2.47. The van der Waals surface area contributed by atoms with Crippen LogP contribution in [0.15, 0.2) is 54.6 Å². The van der Waals surface area contributed by atoms with Gasteiger partial charge in [-0.15, -0.1) is 0 Å². The molecule has 0 atom stereocenters. The van der Waals surface area contributed by atoms with Gasteiger partial charge in [0, 0.05) is 28.8 Å². The maximum Gasteiger partial charge on any atom is 0.269 e. The summed E-state index contributed by atoms with van der Waals surface area (Å²) in [4.78, 5) is 35.6. The lowest BCUT2D eigenvalue weighted by Gasteiger charge is -2.07. The van der Waals surface area contributed by atoms with Gasteiger partial charge in [0.05, 0.1) is 0 Å². The lowest BCUT2D eigenvalue weighted by Crippen LogP contribution is -2.40. The Morgan fingerprint density at radius 2 is 1.71 bits per heavy atom. The molecule has 0 unspecified atom stereocenters. The number of halogens is 1. The highest BCUT2D eigenvalue weighted by molar-refractivity contribution is 6.32. The molecule has 146 valence electrons. The van der Waals surface area contributed by atoms with Crippen LogP contribution < -0.4 is 16.2 Å². The van der Waals surface area contributed by atoms with Crippen molar-refractivity contribution in [2.45, 2.75) is 26.2 Å². The Morgan fingerprint density at radius 1 is 1.00 bits per heavy atom. The van der Waals surface area contributed by atoms with Crippen LogP contribution in [0.2, 0.25) is 5.02 Å². The minimum absolute atomic E-state index is 0.0587. The first-order valence-corrected chi connectivity index (χ1v) is 9.30. The van der Waals surface area contributed by atoms with E-state index in [2.05, 4.69) is 16.2 Å². The quantitative estimate of drug-likeness (QED) is 0.486. The molecule has 7 heteroatoms. The first-order valence-electron chi connectivity index (χ1n) is 8.92. The third kappa shape index (κ3) is 6.89. The number of carbonyl (C=O) groups excluding carboxylic acids is 3. The van der Waals surface area contributed by atoms with E-state index in [0.29, 0.717) is 28.3 Å². The number of nitrogens with one attached hydrogen (secondary N) is 3. The van der Waals surface area contributed by atoms with Gasteiger partial charge in [0.15, 0.2) is 0 Å². The standard InChI is InChI=1S/C21H22ClN3O3/c1-2-3-8-19(26)23-17-12-9-16(10-13-17)21(28)25-24-20(27)14-11-15-6-4-5-7-18(15)22/h4-7,9-14H,2-3,8H2,1H3,(H,23,26)(H,24,27)(H,25,28)/b14-11+. The van der Waals surface area contributed by atoms with Crippen LogP contribution in [0.5, 0.6) is 0 Å². The van der Waals surface area contributed by atoms with Crippen molar-refractivity contribution in [2.24, 2.45) is 0 Å². The maximum atomic E-state index is 12.1. The minimum Gasteiger partial charge on any atom is -0.326 e. The van der Waals surface area contributed by atoms with Crippen molar-refractivity contribution < 1.29 is 14.4 Å². The topological polar surface area (TPSA) is 87.3 Å². The van der Waals surface area contributed by atoms with Crippen molar-refractivity contribution in [1.82, 2.24) is 10.9 Å². The Balaban J connectivity index is 1.83. The smallest absolute Gasteiger partial charge is 0.269 e. The predicted octanol–water partition coefficient (Wildman–Crippen LogP) is 3.94. The number of benzene rings is 2. The van der Waals surface area contributed by atoms with Crippen LogP contribution >= 0.6 is 11.6 Å². The molecule has 0 saturated carbocycles. The van der Waals surface area contributed by atoms with Crippen molar-refractivity contribution in [3.8, 4) is 0 Å². The van der Waals surface area contributed by atoms with E-state index in [-0.39, 0.29) is 5.91 Å². The zero-order valence-electron chi connectivity index (χ0n) is 15.5. The fraction of sp³-hybridized carbons (Fsp3) is 0.190. The Bertz CT molecular complexity index is 863. The van der Waals surface area contributed by atoms with E-state index >= 15 is 0 Å². The van der Waals surface area contributed by atoms with Crippen LogP contribution in [0, 0.1) is 0 Å². The molecule has 3 N–H and O–H groups in total. The van der Waals surface area contributed by atoms with Gasteiger partial charge in [0.2, 0.25) is 5.91 Å². The average Bonchev–Trinajstić information content (AvgIpc) is 2.70. The Kier molecular flexibility index (Phi) is 8.24. The molecule has 2 aromatic rings. The van der Waals surface area contributed by atoms with Crippen molar-refractivity contribution in [3.05, 3.63) is 70.8 Å². The van der Waals surface area contributed by atoms with Gasteiger partial charge in [-0.2, -0.15) is 0 Å². The molecule has 0 radical (unpaired) electrons. The second kappa shape index (κ2) is 10.9. The molecule has 0 aromatic heterocycles. The van der Waals surface area contributed by atoms with Gasteiger partial charge < -0.3 is 5.32 Å². The first kappa shape index (κ1) is 21.2. The van der Waals surface area contributed by atoms with Crippen molar-refractivity contribution in [3.63, 3.8) is 0 Å². The molecule has 0 aliphatic carbocycles. The second-order valence-electron chi connectivity index (χ2n) is 6.03. The minimum atomic E-state index is -0.493. The van der Waals surface area contributed by atoms with Crippen LogP contribution in [-0.4, -0.2) is 17.7 Å². The molecular weight excluding hydrogens is 378 g/mol. The predicted molar refractivity (Wildman–Crippen MR) is 111 cm³/mol. The highest BCUT2D eigenvalue weighted by Gasteiger charge is 2.07. The summed E-state index contributed by atoms with van der Waals surface area (Å²) in [7, 11) is 0. The number of hydrazine groups is 1. The van der Waals surface area contributed by atoms with Gasteiger partial charge in [-0.25, -0.2) is 0 Å². The summed E-state index contributed by atoms with van der Waals surface area (Å²) in [6, 6.07) is 13.5. The van der Waals surface area contributed by atoms with Crippen LogP contribution in [0.25, 0.3) is 6.08 Å². The molecule has 0 heterocycles. The van der Waals surface area contributed by atoms with Gasteiger partial charge in [-0.1, -0.05) is 43.1 Å². The maximum absolute atomic E-state index is 12.1. The van der Waals surface area contributed by atoms with Crippen molar-refractivity contribution >= 4 is 41.1 Å². The highest BCUT2D eigenvalue weighted by Crippen LogP contribution is 2.16.